The summed E-state index contributed by atoms with van der Waals surface area (Å²) in [7, 11) is 0. The van der Waals surface area contributed by atoms with Crippen molar-refractivity contribution in [2.24, 2.45) is 5.73 Å². The molecule has 1 saturated heterocycles. The molecule has 94 valence electrons. The van der Waals surface area contributed by atoms with Crippen molar-refractivity contribution >= 4 is 5.91 Å². The van der Waals surface area contributed by atoms with Crippen molar-refractivity contribution < 1.29 is 9.53 Å². The van der Waals surface area contributed by atoms with Crippen molar-refractivity contribution in [3.8, 4) is 0 Å². The summed E-state index contributed by atoms with van der Waals surface area (Å²) in [5, 5.41) is 3.07. The smallest absolute Gasteiger partial charge is 0.249 e. The second kappa shape index (κ2) is 6.21. The van der Waals surface area contributed by atoms with Crippen molar-refractivity contribution in [1.29, 1.82) is 0 Å². The molecule has 3 N–H and O–H groups in total. The lowest BCUT2D eigenvalue weighted by atomic mass is 9.93. The summed E-state index contributed by atoms with van der Waals surface area (Å²) < 4.78 is 5.46. The summed E-state index contributed by atoms with van der Waals surface area (Å²) in [5.41, 5.74) is 5.37. The van der Waals surface area contributed by atoms with Gasteiger partial charge >= 0.3 is 0 Å². The van der Waals surface area contributed by atoms with Crippen LogP contribution in [0.3, 0.4) is 0 Å². The van der Waals surface area contributed by atoms with Crippen LogP contribution in [-0.2, 0) is 9.53 Å². The molecule has 1 aliphatic rings. The maximum atomic E-state index is 12.0. The summed E-state index contributed by atoms with van der Waals surface area (Å²) >= 11 is 0. The minimum atomic E-state index is -0.252. The highest BCUT2D eigenvalue weighted by atomic mass is 16.5. The highest BCUT2D eigenvalue weighted by molar-refractivity contribution is 5.81. The van der Waals surface area contributed by atoms with E-state index in [0.29, 0.717) is 13.2 Å². The molecule has 1 fully saturated rings. The molecule has 1 aliphatic heterocycles. The zero-order valence-corrected chi connectivity index (χ0v) is 10.4. The molecule has 0 spiro atoms. The van der Waals surface area contributed by atoms with Gasteiger partial charge in [0.2, 0.25) is 5.91 Å². The first-order valence-electron chi connectivity index (χ1n) is 6.25. The zero-order chi connectivity index (χ0) is 12.0. The number of nitrogens with one attached hydrogen (secondary N) is 1. The molecule has 2 atom stereocenters. The molecule has 0 aromatic rings. The van der Waals surface area contributed by atoms with Gasteiger partial charge in [-0.25, -0.2) is 0 Å². The number of hydrogen-bond acceptors (Lipinski definition) is 3. The number of hydrogen-bond donors (Lipinski definition) is 2. The van der Waals surface area contributed by atoms with E-state index in [1.807, 2.05) is 6.92 Å². The van der Waals surface area contributed by atoms with Crippen LogP contribution >= 0.6 is 0 Å². The van der Waals surface area contributed by atoms with E-state index in [0.717, 1.165) is 32.1 Å². The Morgan fingerprint density at radius 3 is 2.81 bits per heavy atom. The summed E-state index contributed by atoms with van der Waals surface area (Å²) in [6.45, 7) is 5.41. The number of carbonyl (C=O) groups excluding carboxylic acids is 1. The van der Waals surface area contributed by atoms with E-state index in [2.05, 4.69) is 12.2 Å². The van der Waals surface area contributed by atoms with Gasteiger partial charge in [0.1, 0.15) is 6.10 Å². The van der Waals surface area contributed by atoms with Crippen LogP contribution in [0.25, 0.3) is 0 Å². The van der Waals surface area contributed by atoms with Gasteiger partial charge in [0.05, 0.1) is 0 Å². The quantitative estimate of drug-likeness (QED) is 0.743. The number of amides is 1. The number of nitrogens with two attached hydrogens (primary N) is 1. The van der Waals surface area contributed by atoms with E-state index in [1.54, 1.807) is 0 Å². The predicted molar refractivity (Wildman–Crippen MR) is 64.1 cm³/mol. The molecule has 4 nitrogen and oxygen atoms in total. The normalized spacial score (nSPS) is 24.8. The molecule has 0 saturated carbocycles. The molecule has 1 amide bonds. The Hall–Kier alpha value is -0.610. The average Bonchev–Trinajstić information content (AvgIpc) is 2.30. The Morgan fingerprint density at radius 1 is 1.56 bits per heavy atom. The zero-order valence-electron chi connectivity index (χ0n) is 10.4. The highest BCUT2D eigenvalue weighted by Gasteiger charge is 2.29. The largest absolute Gasteiger partial charge is 0.368 e. The van der Waals surface area contributed by atoms with E-state index in [1.165, 1.54) is 0 Å². The molecule has 0 bridgehead atoms. The molecule has 4 heteroatoms. The fourth-order valence-electron chi connectivity index (χ4n) is 1.97. The van der Waals surface area contributed by atoms with Crippen LogP contribution in [-0.4, -0.2) is 30.7 Å². The van der Waals surface area contributed by atoms with Crippen LogP contribution in [0.2, 0.25) is 0 Å². The molecule has 0 aromatic heterocycles. The first-order chi connectivity index (χ1) is 7.61. The molecular formula is C12H24N2O2. The maximum absolute atomic E-state index is 12.0. The van der Waals surface area contributed by atoms with E-state index in [-0.39, 0.29) is 17.6 Å². The molecular weight excluding hydrogens is 204 g/mol. The van der Waals surface area contributed by atoms with Gasteiger partial charge in [0, 0.05) is 12.1 Å². The van der Waals surface area contributed by atoms with Gasteiger partial charge in [-0.1, -0.05) is 6.92 Å². The standard InChI is InChI=1S/C12H24N2O2/c1-3-12(2,7-8-13)14-11(15)10-6-4-5-9-16-10/h10H,3-9,13H2,1-2H3,(H,14,15). The Bertz CT molecular complexity index is 227. The number of rotatable bonds is 5. The highest BCUT2D eigenvalue weighted by Crippen LogP contribution is 2.17. The van der Waals surface area contributed by atoms with Crippen LogP contribution in [0.1, 0.15) is 46.0 Å². The van der Waals surface area contributed by atoms with E-state index >= 15 is 0 Å². The lowest BCUT2D eigenvalue weighted by Crippen LogP contribution is -2.51. The van der Waals surface area contributed by atoms with Crippen LogP contribution in [0.5, 0.6) is 0 Å². The Labute approximate surface area is 97.9 Å². The van der Waals surface area contributed by atoms with Crippen LogP contribution < -0.4 is 11.1 Å². The summed E-state index contributed by atoms with van der Waals surface area (Å²) in [4.78, 5) is 12.0. The molecule has 2 unspecified atom stereocenters. The minimum absolute atomic E-state index is 0.0255. The molecule has 0 aliphatic carbocycles. The third-order valence-electron chi connectivity index (χ3n) is 3.37. The lowest BCUT2D eigenvalue weighted by Gasteiger charge is -2.32. The molecule has 0 radical (unpaired) electrons. The summed E-state index contributed by atoms with van der Waals surface area (Å²) in [6, 6.07) is 0. The van der Waals surface area contributed by atoms with Gasteiger partial charge in [0.25, 0.3) is 0 Å². The van der Waals surface area contributed by atoms with Gasteiger partial charge in [-0.15, -0.1) is 0 Å². The Kier molecular flexibility index (Phi) is 5.22. The number of carbonyl (C=O) groups is 1. The van der Waals surface area contributed by atoms with Crippen LogP contribution in [0.15, 0.2) is 0 Å². The molecule has 1 rings (SSSR count). The van der Waals surface area contributed by atoms with Gasteiger partial charge in [0.15, 0.2) is 0 Å². The first-order valence-corrected chi connectivity index (χ1v) is 6.25. The van der Waals surface area contributed by atoms with Crippen LogP contribution in [0, 0.1) is 0 Å². The summed E-state index contributed by atoms with van der Waals surface area (Å²) in [5.74, 6) is 0.0255. The third-order valence-corrected chi connectivity index (χ3v) is 3.37. The monoisotopic (exact) mass is 228 g/mol. The second-order valence-corrected chi connectivity index (χ2v) is 4.80. The lowest BCUT2D eigenvalue weighted by molar-refractivity contribution is -0.137. The van der Waals surface area contributed by atoms with Crippen LogP contribution in [0.4, 0.5) is 0 Å². The van der Waals surface area contributed by atoms with Crippen molar-refractivity contribution in [2.75, 3.05) is 13.2 Å². The van der Waals surface area contributed by atoms with Crippen molar-refractivity contribution in [1.82, 2.24) is 5.32 Å². The van der Waals surface area contributed by atoms with Gasteiger partial charge < -0.3 is 15.8 Å². The first kappa shape index (κ1) is 13.5. The average molecular weight is 228 g/mol. The topological polar surface area (TPSA) is 64.3 Å². The fraction of sp³-hybridized carbons (Fsp3) is 0.917. The maximum Gasteiger partial charge on any atom is 0.249 e. The van der Waals surface area contributed by atoms with Gasteiger partial charge in [-0.3, -0.25) is 4.79 Å². The Morgan fingerprint density at radius 2 is 2.31 bits per heavy atom. The second-order valence-electron chi connectivity index (χ2n) is 4.80. The number of ether oxygens (including phenoxy) is 1. The molecule has 1 heterocycles. The fourth-order valence-corrected chi connectivity index (χ4v) is 1.97. The molecule has 0 aromatic carbocycles. The van der Waals surface area contributed by atoms with E-state index < -0.39 is 0 Å². The molecule has 16 heavy (non-hydrogen) atoms. The third kappa shape index (κ3) is 3.76. The summed E-state index contributed by atoms with van der Waals surface area (Å²) in [6.07, 6.45) is 4.44. The van der Waals surface area contributed by atoms with Crippen molar-refractivity contribution in [3.05, 3.63) is 0 Å². The van der Waals surface area contributed by atoms with Gasteiger partial charge in [-0.2, -0.15) is 0 Å². The van der Waals surface area contributed by atoms with Gasteiger partial charge in [-0.05, 0) is 45.6 Å². The van der Waals surface area contributed by atoms with E-state index in [9.17, 15) is 4.79 Å². The SMILES string of the molecule is CCC(C)(CCN)NC(=O)C1CCCCO1. The predicted octanol–water partition coefficient (Wildman–Crippen LogP) is 1.19. The Balaban J connectivity index is 2.47. The van der Waals surface area contributed by atoms with E-state index in [4.69, 9.17) is 10.5 Å². The minimum Gasteiger partial charge on any atom is -0.368 e. The van der Waals surface area contributed by atoms with Crippen molar-refractivity contribution in [2.45, 2.75) is 57.6 Å². The van der Waals surface area contributed by atoms with Crippen molar-refractivity contribution in [3.63, 3.8) is 0 Å².